The number of hydrogen-bond acceptors (Lipinski definition) is 4. The number of esters is 1. The Morgan fingerprint density at radius 1 is 1.31 bits per heavy atom. The van der Waals surface area contributed by atoms with Gasteiger partial charge >= 0.3 is 5.97 Å². The molecule has 1 heterocycles. The molecule has 16 heavy (non-hydrogen) atoms. The summed E-state index contributed by atoms with van der Waals surface area (Å²) in [6, 6.07) is 0.263. The highest BCUT2D eigenvalue weighted by Gasteiger charge is 2.51. The maximum atomic E-state index is 11.6. The molecule has 0 spiro atoms. The van der Waals surface area contributed by atoms with Gasteiger partial charge in [0.05, 0.1) is 6.61 Å². The lowest BCUT2D eigenvalue weighted by Gasteiger charge is -2.09. The predicted octanol–water partition coefficient (Wildman–Crippen LogP) is 0.376. The Kier molecular flexibility index (Phi) is 3.43. The maximum Gasteiger partial charge on any atom is 0.338 e. The van der Waals surface area contributed by atoms with Crippen LogP contribution in [-0.2, 0) is 19.1 Å². The topological polar surface area (TPSA) is 67.9 Å². The number of nitrogens with one attached hydrogen (secondary N) is 1. The van der Waals surface area contributed by atoms with Crippen molar-refractivity contribution in [3.05, 3.63) is 0 Å². The summed E-state index contributed by atoms with van der Waals surface area (Å²) in [5.74, 6) is -0.612. The minimum atomic E-state index is -0.679. The third-order valence-corrected chi connectivity index (χ3v) is 2.97. The van der Waals surface area contributed by atoms with E-state index in [0.29, 0.717) is 6.61 Å². The molecule has 0 aromatic carbocycles. The number of carbonyl (C=O) groups is 2. The molecule has 0 aromatic rings. The van der Waals surface area contributed by atoms with E-state index in [-0.39, 0.29) is 11.9 Å². The minimum absolute atomic E-state index is 0.176. The first kappa shape index (κ1) is 11.4. The van der Waals surface area contributed by atoms with E-state index in [4.69, 9.17) is 9.47 Å². The van der Waals surface area contributed by atoms with Gasteiger partial charge in [-0.3, -0.25) is 4.79 Å². The lowest BCUT2D eigenvalue weighted by Crippen LogP contribution is -2.37. The molecule has 1 amide bonds. The van der Waals surface area contributed by atoms with Crippen molar-refractivity contribution in [3.8, 4) is 0 Å². The van der Waals surface area contributed by atoms with Crippen LogP contribution >= 0.6 is 0 Å². The van der Waals surface area contributed by atoms with Gasteiger partial charge in [-0.05, 0) is 19.8 Å². The number of epoxide rings is 1. The second-order valence-electron chi connectivity index (χ2n) is 4.22. The van der Waals surface area contributed by atoms with Crippen molar-refractivity contribution in [3.63, 3.8) is 0 Å². The lowest BCUT2D eigenvalue weighted by atomic mass is 10.2. The summed E-state index contributed by atoms with van der Waals surface area (Å²) in [5.41, 5.74) is 0. The van der Waals surface area contributed by atoms with Crippen LogP contribution in [0.3, 0.4) is 0 Å². The normalized spacial score (nSPS) is 28.8. The molecule has 2 fully saturated rings. The van der Waals surface area contributed by atoms with E-state index in [1.54, 1.807) is 6.92 Å². The zero-order valence-electron chi connectivity index (χ0n) is 9.40. The van der Waals surface area contributed by atoms with Gasteiger partial charge in [-0.1, -0.05) is 12.8 Å². The number of ether oxygens (including phenoxy) is 2. The van der Waals surface area contributed by atoms with Crippen molar-refractivity contribution in [2.75, 3.05) is 6.61 Å². The Morgan fingerprint density at radius 3 is 2.62 bits per heavy atom. The second kappa shape index (κ2) is 4.82. The SMILES string of the molecule is CCOC(=O)C1OC1C(=O)NC1CCCC1. The van der Waals surface area contributed by atoms with Crippen molar-refractivity contribution in [2.45, 2.75) is 50.9 Å². The first-order valence-corrected chi connectivity index (χ1v) is 5.85. The van der Waals surface area contributed by atoms with E-state index in [0.717, 1.165) is 25.7 Å². The maximum absolute atomic E-state index is 11.6. The summed E-state index contributed by atoms with van der Waals surface area (Å²) < 4.78 is 9.79. The average molecular weight is 227 g/mol. The molecule has 1 saturated carbocycles. The van der Waals surface area contributed by atoms with Crippen LogP contribution in [0.5, 0.6) is 0 Å². The molecule has 5 heteroatoms. The van der Waals surface area contributed by atoms with Gasteiger partial charge in [0.25, 0.3) is 5.91 Å². The van der Waals surface area contributed by atoms with Crippen LogP contribution in [-0.4, -0.2) is 36.7 Å². The van der Waals surface area contributed by atoms with E-state index < -0.39 is 18.2 Å². The Labute approximate surface area is 94.5 Å². The van der Waals surface area contributed by atoms with Crippen LogP contribution in [0.15, 0.2) is 0 Å². The van der Waals surface area contributed by atoms with Crippen LogP contribution in [0.1, 0.15) is 32.6 Å². The fourth-order valence-corrected chi connectivity index (χ4v) is 2.07. The van der Waals surface area contributed by atoms with Crippen molar-refractivity contribution >= 4 is 11.9 Å². The molecule has 1 saturated heterocycles. The summed E-state index contributed by atoms with van der Waals surface area (Å²) in [6.07, 6.45) is 3.08. The van der Waals surface area contributed by atoms with Gasteiger partial charge in [0, 0.05) is 6.04 Å². The van der Waals surface area contributed by atoms with Gasteiger partial charge in [0.15, 0.2) is 12.2 Å². The van der Waals surface area contributed by atoms with Crippen LogP contribution in [0.25, 0.3) is 0 Å². The predicted molar refractivity (Wildman–Crippen MR) is 55.7 cm³/mol. The molecule has 2 atom stereocenters. The van der Waals surface area contributed by atoms with Crippen molar-refractivity contribution < 1.29 is 19.1 Å². The van der Waals surface area contributed by atoms with Crippen molar-refractivity contribution in [2.24, 2.45) is 0 Å². The zero-order chi connectivity index (χ0) is 11.5. The zero-order valence-corrected chi connectivity index (χ0v) is 9.40. The smallest absolute Gasteiger partial charge is 0.338 e. The first-order chi connectivity index (χ1) is 7.72. The Bertz CT molecular complexity index is 286. The van der Waals surface area contributed by atoms with Gasteiger partial charge in [-0.2, -0.15) is 0 Å². The number of amides is 1. The summed E-state index contributed by atoms with van der Waals surface area (Å²) in [7, 11) is 0. The quantitative estimate of drug-likeness (QED) is 0.556. The molecule has 1 aliphatic carbocycles. The summed E-state index contributed by atoms with van der Waals surface area (Å²) in [4.78, 5) is 22.9. The van der Waals surface area contributed by atoms with Gasteiger partial charge < -0.3 is 14.8 Å². The summed E-state index contributed by atoms with van der Waals surface area (Å²) >= 11 is 0. The largest absolute Gasteiger partial charge is 0.464 e. The Balaban J connectivity index is 1.73. The second-order valence-corrected chi connectivity index (χ2v) is 4.22. The van der Waals surface area contributed by atoms with E-state index in [1.165, 1.54) is 0 Å². The molecule has 0 aromatic heterocycles. The van der Waals surface area contributed by atoms with Gasteiger partial charge in [-0.15, -0.1) is 0 Å². The average Bonchev–Trinajstić information content (AvgIpc) is 2.91. The number of rotatable bonds is 4. The molecule has 1 aliphatic heterocycles. The fraction of sp³-hybridized carbons (Fsp3) is 0.818. The molecule has 2 unspecified atom stereocenters. The summed E-state index contributed by atoms with van der Waals surface area (Å²) in [5, 5.41) is 2.90. The van der Waals surface area contributed by atoms with Crippen LogP contribution in [0.2, 0.25) is 0 Å². The number of hydrogen-bond donors (Lipinski definition) is 1. The van der Waals surface area contributed by atoms with E-state index in [2.05, 4.69) is 5.32 Å². The molecule has 0 bridgehead atoms. The molecule has 2 rings (SSSR count). The minimum Gasteiger partial charge on any atom is -0.464 e. The monoisotopic (exact) mass is 227 g/mol. The van der Waals surface area contributed by atoms with Crippen LogP contribution < -0.4 is 5.32 Å². The molecular weight excluding hydrogens is 210 g/mol. The molecule has 5 nitrogen and oxygen atoms in total. The van der Waals surface area contributed by atoms with Gasteiger partial charge in [-0.25, -0.2) is 4.79 Å². The fourth-order valence-electron chi connectivity index (χ4n) is 2.07. The molecule has 1 N–H and O–H groups in total. The van der Waals surface area contributed by atoms with Gasteiger partial charge in [0.1, 0.15) is 0 Å². The highest BCUT2D eigenvalue weighted by atomic mass is 16.6. The molecule has 90 valence electrons. The Morgan fingerprint density at radius 2 is 2.00 bits per heavy atom. The Hall–Kier alpha value is -1.10. The van der Waals surface area contributed by atoms with Crippen LogP contribution in [0.4, 0.5) is 0 Å². The van der Waals surface area contributed by atoms with Crippen LogP contribution in [0, 0.1) is 0 Å². The highest BCUT2D eigenvalue weighted by Crippen LogP contribution is 2.25. The standard InChI is InChI=1S/C11H17NO4/c1-2-15-11(14)9-8(16-9)10(13)12-7-5-3-4-6-7/h7-9H,2-6H2,1H3,(H,12,13). The van der Waals surface area contributed by atoms with Gasteiger partial charge in [0.2, 0.25) is 0 Å². The third-order valence-electron chi connectivity index (χ3n) is 2.97. The third kappa shape index (κ3) is 2.52. The lowest BCUT2D eigenvalue weighted by molar-refractivity contribution is -0.144. The summed E-state index contributed by atoms with van der Waals surface area (Å²) in [6.45, 7) is 2.05. The highest BCUT2D eigenvalue weighted by molar-refractivity contribution is 5.92. The molecule has 0 radical (unpaired) electrons. The van der Waals surface area contributed by atoms with Crippen molar-refractivity contribution in [1.82, 2.24) is 5.32 Å². The molecule has 2 aliphatic rings. The van der Waals surface area contributed by atoms with E-state index in [9.17, 15) is 9.59 Å². The van der Waals surface area contributed by atoms with Crippen molar-refractivity contribution in [1.29, 1.82) is 0 Å². The number of carbonyl (C=O) groups excluding carboxylic acids is 2. The molecular formula is C11H17NO4. The van der Waals surface area contributed by atoms with E-state index in [1.807, 2.05) is 0 Å². The van der Waals surface area contributed by atoms with E-state index >= 15 is 0 Å². The first-order valence-electron chi connectivity index (χ1n) is 5.85.